The molecule has 0 aliphatic rings. The smallest absolute Gasteiger partial charge is 0.236 e. The van der Waals surface area contributed by atoms with E-state index in [4.69, 9.17) is 9.97 Å². The number of thiophene rings is 1. The minimum atomic E-state index is 0.681. The molecule has 0 saturated heterocycles. The van der Waals surface area contributed by atoms with Crippen LogP contribution in [0.2, 0.25) is 0 Å². The lowest BCUT2D eigenvalue weighted by Crippen LogP contribution is -2.02. The molecule has 0 fully saturated rings. The van der Waals surface area contributed by atoms with E-state index in [0.717, 1.165) is 32.5 Å². The number of rotatable bonds is 4. The summed E-state index contributed by atoms with van der Waals surface area (Å²) in [6.07, 6.45) is 0. The summed E-state index contributed by atoms with van der Waals surface area (Å²) < 4.78 is 3.44. The van der Waals surface area contributed by atoms with Crippen molar-refractivity contribution in [1.29, 1.82) is 0 Å². The Balaban J connectivity index is 1.32. The molecule has 0 amide bonds. The van der Waals surface area contributed by atoms with E-state index in [1.807, 2.05) is 0 Å². The van der Waals surface area contributed by atoms with Gasteiger partial charge in [-0.25, -0.2) is 9.97 Å². The maximum Gasteiger partial charge on any atom is 0.236 e. The first-order valence-corrected chi connectivity index (χ1v) is 17.0. The highest BCUT2D eigenvalue weighted by Crippen LogP contribution is 2.45. The SMILES string of the molecule is c1ccc(-c2cc3sc4nc(-n5c6ccccc6c6cc7ccccc7cc65)nc(-c5ccccc5)c4c3cc2-c2ccccc2)cc1. The van der Waals surface area contributed by atoms with E-state index in [0.29, 0.717) is 5.95 Å². The molecule has 3 nitrogen and oxygen atoms in total. The number of fused-ring (bicyclic) bond motifs is 7. The Morgan fingerprint density at radius 3 is 1.73 bits per heavy atom. The molecule has 48 heavy (non-hydrogen) atoms. The van der Waals surface area contributed by atoms with Crippen LogP contribution in [0.1, 0.15) is 0 Å². The molecule has 7 aromatic carbocycles. The average Bonchev–Trinajstić information content (AvgIpc) is 3.68. The van der Waals surface area contributed by atoms with Crippen LogP contribution in [0.4, 0.5) is 0 Å². The van der Waals surface area contributed by atoms with Crippen molar-refractivity contribution in [1.82, 2.24) is 14.5 Å². The van der Waals surface area contributed by atoms with E-state index < -0.39 is 0 Å². The highest BCUT2D eigenvalue weighted by atomic mass is 32.1. The molecule has 224 valence electrons. The molecular weight excluding hydrogens is 603 g/mol. The fourth-order valence-corrected chi connectivity index (χ4v) is 8.29. The van der Waals surface area contributed by atoms with Gasteiger partial charge in [-0.05, 0) is 63.4 Å². The number of para-hydroxylation sites is 1. The summed E-state index contributed by atoms with van der Waals surface area (Å²) in [5.41, 5.74) is 9.02. The zero-order valence-corrected chi connectivity index (χ0v) is 26.7. The summed E-state index contributed by atoms with van der Waals surface area (Å²) in [4.78, 5) is 11.8. The van der Waals surface area contributed by atoms with Gasteiger partial charge in [-0.15, -0.1) is 11.3 Å². The summed E-state index contributed by atoms with van der Waals surface area (Å²) >= 11 is 1.74. The fraction of sp³-hybridized carbons (Fsp3) is 0. The van der Waals surface area contributed by atoms with E-state index in [2.05, 4.69) is 168 Å². The Labute approximate surface area is 281 Å². The first-order valence-electron chi connectivity index (χ1n) is 16.2. The standard InChI is InChI=1S/C44H27N3S/c1-4-14-28(15-5-1)34-26-37-40(27-35(34)29-16-6-2-7-17-29)48-43-41(37)42(30-18-8-3-9-19-30)45-44(46-43)47-38-23-13-12-22-33(38)36-24-31-20-10-11-21-32(31)25-39(36)47/h1-27H. The van der Waals surface area contributed by atoms with Crippen molar-refractivity contribution >= 4 is 64.2 Å². The van der Waals surface area contributed by atoms with Gasteiger partial charge in [0.05, 0.1) is 16.7 Å². The van der Waals surface area contributed by atoms with Crippen molar-refractivity contribution in [2.45, 2.75) is 0 Å². The van der Waals surface area contributed by atoms with Crippen molar-refractivity contribution in [2.24, 2.45) is 0 Å². The monoisotopic (exact) mass is 629 g/mol. The average molecular weight is 630 g/mol. The normalized spacial score (nSPS) is 11.8. The predicted molar refractivity (Wildman–Crippen MR) is 203 cm³/mol. The molecule has 0 N–H and O–H groups in total. The summed E-state index contributed by atoms with van der Waals surface area (Å²) in [7, 11) is 0. The van der Waals surface area contributed by atoms with Crippen molar-refractivity contribution in [2.75, 3.05) is 0 Å². The maximum absolute atomic E-state index is 5.46. The summed E-state index contributed by atoms with van der Waals surface area (Å²) in [6.45, 7) is 0. The Kier molecular flexibility index (Phi) is 6.05. The van der Waals surface area contributed by atoms with Crippen LogP contribution in [0.5, 0.6) is 0 Å². The van der Waals surface area contributed by atoms with Gasteiger partial charge < -0.3 is 0 Å². The van der Waals surface area contributed by atoms with Crippen LogP contribution in [0, 0.1) is 0 Å². The van der Waals surface area contributed by atoms with E-state index in [1.165, 1.54) is 53.9 Å². The van der Waals surface area contributed by atoms with Crippen molar-refractivity contribution in [3.05, 3.63) is 164 Å². The molecular formula is C44H27N3S. The molecule has 10 aromatic rings. The Hall–Kier alpha value is -6.10. The molecule has 0 unspecified atom stereocenters. The van der Waals surface area contributed by atoms with Gasteiger partial charge in [-0.1, -0.05) is 133 Å². The van der Waals surface area contributed by atoms with Crippen molar-refractivity contribution in [3.63, 3.8) is 0 Å². The third-order valence-corrected chi connectivity index (χ3v) is 10.5. The Morgan fingerprint density at radius 1 is 0.438 bits per heavy atom. The quantitative estimate of drug-likeness (QED) is 0.194. The second-order valence-electron chi connectivity index (χ2n) is 12.2. The van der Waals surface area contributed by atoms with Gasteiger partial charge in [-0.3, -0.25) is 4.57 Å². The highest BCUT2D eigenvalue weighted by molar-refractivity contribution is 7.25. The Bertz CT molecular complexity index is 2820. The molecule has 4 heteroatoms. The van der Waals surface area contributed by atoms with Gasteiger partial charge in [0.15, 0.2) is 0 Å². The minimum absolute atomic E-state index is 0.681. The predicted octanol–water partition coefficient (Wildman–Crippen LogP) is 12.1. The lowest BCUT2D eigenvalue weighted by molar-refractivity contribution is 1.02. The third-order valence-electron chi connectivity index (χ3n) is 9.42. The molecule has 0 bridgehead atoms. The third kappa shape index (κ3) is 4.20. The first-order chi connectivity index (χ1) is 23.8. The number of nitrogens with zero attached hydrogens (tertiary/aromatic N) is 3. The van der Waals surface area contributed by atoms with Gasteiger partial charge in [0.2, 0.25) is 5.95 Å². The van der Waals surface area contributed by atoms with Crippen molar-refractivity contribution in [3.8, 4) is 39.5 Å². The zero-order valence-electron chi connectivity index (χ0n) is 25.8. The van der Waals surface area contributed by atoms with E-state index >= 15 is 0 Å². The van der Waals surface area contributed by atoms with Crippen LogP contribution >= 0.6 is 11.3 Å². The molecule has 3 aromatic heterocycles. The second kappa shape index (κ2) is 10.7. The van der Waals surface area contributed by atoms with Gasteiger partial charge in [0.1, 0.15) is 4.83 Å². The minimum Gasteiger partial charge on any atom is -0.278 e. The number of hydrogen-bond acceptors (Lipinski definition) is 3. The summed E-state index contributed by atoms with van der Waals surface area (Å²) in [5, 5.41) is 7.08. The summed E-state index contributed by atoms with van der Waals surface area (Å²) in [5.74, 6) is 0.681. The van der Waals surface area contributed by atoms with Crippen molar-refractivity contribution < 1.29 is 0 Å². The van der Waals surface area contributed by atoms with Gasteiger partial charge in [0, 0.05) is 31.8 Å². The number of hydrogen-bond donors (Lipinski definition) is 0. The molecule has 0 aliphatic heterocycles. The van der Waals surface area contributed by atoms with Crippen LogP contribution in [0.3, 0.4) is 0 Å². The number of aromatic nitrogens is 3. The molecule has 0 spiro atoms. The topological polar surface area (TPSA) is 30.7 Å². The van der Waals surface area contributed by atoms with Crippen LogP contribution in [0.25, 0.3) is 92.3 Å². The lowest BCUT2D eigenvalue weighted by Gasteiger charge is -2.12. The van der Waals surface area contributed by atoms with Crippen LogP contribution < -0.4 is 0 Å². The van der Waals surface area contributed by atoms with Crippen LogP contribution in [-0.4, -0.2) is 14.5 Å². The van der Waals surface area contributed by atoms with Crippen LogP contribution in [0.15, 0.2) is 164 Å². The molecule has 0 saturated carbocycles. The molecule has 0 atom stereocenters. The van der Waals surface area contributed by atoms with Gasteiger partial charge >= 0.3 is 0 Å². The molecule has 0 radical (unpaired) electrons. The lowest BCUT2D eigenvalue weighted by atomic mass is 9.92. The fourth-order valence-electron chi connectivity index (χ4n) is 7.20. The maximum atomic E-state index is 5.46. The van der Waals surface area contributed by atoms with E-state index in [9.17, 15) is 0 Å². The second-order valence-corrected chi connectivity index (χ2v) is 13.2. The Morgan fingerprint density at radius 2 is 1.02 bits per heavy atom. The van der Waals surface area contributed by atoms with Gasteiger partial charge in [0.25, 0.3) is 0 Å². The largest absolute Gasteiger partial charge is 0.278 e. The summed E-state index contributed by atoms with van der Waals surface area (Å²) in [6, 6.07) is 58.4. The molecule has 0 aliphatic carbocycles. The van der Waals surface area contributed by atoms with Crippen LogP contribution in [-0.2, 0) is 0 Å². The number of benzene rings is 7. The molecule has 3 heterocycles. The van der Waals surface area contributed by atoms with Gasteiger partial charge in [-0.2, -0.15) is 0 Å². The zero-order chi connectivity index (χ0) is 31.6. The van der Waals surface area contributed by atoms with E-state index in [1.54, 1.807) is 11.3 Å². The van der Waals surface area contributed by atoms with E-state index in [-0.39, 0.29) is 0 Å². The highest BCUT2D eigenvalue weighted by Gasteiger charge is 2.22. The molecule has 10 rings (SSSR count). The first kappa shape index (κ1) is 27.1.